The summed E-state index contributed by atoms with van der Waals surface area (Å²) in [7, 11) is 0. The zero-order chi connectivity index (χ0) is 11.7. The summed E-state index contributed by atoms with van der Waals surface area (Å²) in [5.41, 5.74) is 8.27. The van der Waals surface area contributed by atoms with Gasteiger partial charge < -0.3 is 11.1 Å². The van der Waals surface area contributed by atoms with Gasteiger partial charge in [-0.05, 0) is 35.2 Å². The summed E-state index contributed by atoms with van der Waals surface area (Å²) in [5.74, 6) is 0. The number of fused-ring (bicyclic) bond motifs is 1. The molecule has 1 aliphatic carbocycles. The Kier molecular flexibility index (Phi) is 3.04. The van der Waals surface area contributed by atoms with Crippen LogP contribution in [-0.2, 0) is 6.54 Å². The maximum absolute atomic E-state index is 5.98. The van der Waals surface area contributed by atoms with Gasteiger partial charge in [0.15, 0.2) is 0 Å². The fourth-order valence-electron chi connectivity index (χ4n) is 2.65. The van der Waals surface area contributed by atoms with Crippen LogP contribution in [-0.4, -0.2) is 6.04 Å². The van der Waals surface area contributed by atoms with Crippen molar-refractivity contribution in [3.8, 4) is 0 Å². The molecule has 3 rings (SSSR count). The van der Waals surface area contributed by atoms with Gasteiger partial charge in [0.05, 0.1) is 4.70 Å². The molecule has 1 fully saturated rings. The number of rotatable bonds is 3. The standard InChI is InChI=1S/C14H18N2S/c15-13-7-3-6-12-10(9-17-14(12)13)8-16-11-4-1-2-5-11/h3,6-7,9,11,16H,1-2,4-5,8,15H2. The highest BCUT2D eigenvalue weighted by Crippen LogP contribution is 2.30. The average molecular weight is 246 g/mol. The topological polar surface area (TPSA) is 38.0 Å². The largest absolute Gasteiger partial charge is 0.398 e. The molecular formula is C14H18N2S. The molecule has 0 spiro atoms. The van der Waals surface area contributed by atoms with Crippen molar-refractivity contribution in [2.75, 3.05) is 5.73 Å². The van der Waals surface area contributed by atoms with Gasteiger partial charge in [-0.3, -0.25) is 0 Å². The lowest BCUT2D eigenvalue weighted by Crippen LogP contribution is -2.25. The van der Waals surface area contributed by atoms with Gasteiger partial charge in [-0.2, -0.15) is 0 Å². The fraction of sp³-hybridized carbons (Fsp3) is 0.429. The van der Waals surface area contributed by atoms with Crippen LogP contribution in [0.4, 0.5) is 5.69 Å². The summed E-state index contributed by atoms with van der Waals surface area (Å²) in [6.45, 7) is 0.980. The number of hydrogen-bond donors (Lipinski definition) is 2. The number of hydrogen-bond acceptors (Lipinski definition) is 3. The summed E-state index contributed by atoms with van der Waals surface area (Å²) >= 11 is 1.76. The molecule has 1 aliphatic rings. The first-order chi connectivity index (χ1) is 8.34. The van der Waals surface area contributed by atoms with E-state index in [-0.39, 0.29) is 0 Å². The zero-order valence-corrected chi connectivity index (χ0v) is 10.7. The Morgan fingerprint density at radius 1 is 1.29 bits per heavy atom. The van der Waals surface area contributed by atoms with Crippen molar-refractivity contribution in [2.24, 2.45) is 0 Å². The van der Waals surface area contributed by atoms with Gasteiger partial charge in [-0.15, -0.1) is 11.3 Å². The van der Waals surface area contributed by atoms with Gasteiger partial charge in [0, 0.05) is 18.3 Å². The predicted molar refractivity (Wildman–Crippen MR) is 75.3 cm³/mol. The molecule has 0 amide bonds. The van der Waals surface area contributed by atoms with Crippen molar-refractivity contribution in [1.82, 2.24) is 5.32 Å². The lowest BCUT2D eigenvalue weighted by atomic mass is 10.1. The van der Waals surface area contributed by atoms with E-state index in [9.17, 15) is 0 Å². The lowest BCUT2D eigenvalue weighted by Gasteiger charge is -2.11. The normalized spacial score (nSPS) is 16.9. The van der Waals surface area contributed by atoms with E-state index < -0.39 is 0 Å². The summed E-state index contributed by atoms with van der Waals surface area (Å²) in [6.07, 6.45) is 5.44. The van der Waals surface area contributed by atoms with Crippen LogP contribution in [0.2, 0.25) is 0 Å². The maximum Gasteiger partial charge on any atom is 0.0575 e. The molecule has 17 heavy (non-hydrogen) atoms. The highest BCUT2D eigenvalue weighted by molar-refractivity contribution is 7.18. The average Bonchev–Trinajstić information content (AvgIpc) is 2.95. The van der Waals surface area contributed by atoms with Crippen LogP contribution >= 0.6 is 11.3 Å². The van der Waals surface area contributed by atoms with Gasteiger partial charge in [-0.25, -0.2) is 0 Å². The third kappa shape index (κ3) is 2.17. The van der Waals surface area contributed by atoms with Gasteiger partial charge in [0.2, 0.25) is 0 Å². The van der Waals surface area contributed by atoms with E-state index in [1.54, 1.807) is 11.3 Å². The minimum absolute atomic E-state index is 0.728. The minimum atomic E-state index is 0.728. The number of thiophene rings is 1. The first-order valence-electron chi connectivity index (χ1n) is 6.32. The fourth-order valence-corrected chi connectivity index (χ4v) is 3.65. The van der Waals surface area contributed by atoms with Crippen molar-refractivity contribution in [1.29, 1.82) is 0 Å². The smallest absolute Gasteiger partial charge is 0.0575 e. The highest BCUT2D eigenvalue weighted by atomic mass is 32.1. The molecule has 0 atom stereocenters. The molecule has 90 valence electrons. The number of anilines is 1. The molecule has 0 bridgehead atoms. The molecule has 0 radical (unpaired) electrons. The van der Waals surface area contributed by atoms with E-state index in [1.807, 2.05) is 12.1 Å². The predicted octanol–water partition coefficient (Wildman–Crippen LogP) is 3.52. The summed E-state index contributed by atoms with van der Waals surface area (Å²) in [4.78, 5) is 0. The van der Waals surface area contributed by atoms with Crippen LogP contribution in [0.5, 0.6) is 0 Å². The van der Waals surface area contributed by atoms with Crippen molar-refractivity contribution in [2.45, 2.75) is 38.3 Å². The number of nitrogens with one attached hydrogen (secondary N) is 1. The van der Waals surface area contributed by atoms with E-state index >= 15 is 0 Å². The molecule has 0 aliphatic heterocycles. The van der Waals surface area contributed by atoms with E-state index in [1.165, 1.54) is 41.3 Å². The number of nitrogen functional groups attached to an aromatic ring is 1. The van der Waals surface area contributed by atoms with Gasteiger partial charge in [0.25, 0.3) is 0 Å². The molecule has 3 N–H and O–H groups in total. The highest BCUT2D eigenvalue weighted by Gasteiger charge is 2.14. The summed E-state index contributed by atoms with van der Waals surface area (Å²) in [6, 6.07) is 6.93. The van der Waals surface area contributed by atoms with Crippen molar-refractivity contribution in [3.63, 3.8) is 0 Å². The van der Waals surface area contributed by atoms with E-state index in [0.29, 0.717) is 0 Å². The molecular weight excluding hydrogens is 228 g/mol. The van der Waals surface area contributed by atoms with Gasteiger partial charge >= 0.3 is 0 Å². The van der Waals surface area contributed by atoms with Crippen LogP contribution in [0.1, 0.15) is 31.2 Å². The second-order valence-corrected chi connectivity index (χ2v) is 5.73. The lowest BCUT2D eigenvalue weighted by molar-refractivity contribution is 0.526. The molecule has 1 saturated carbocycles. The van der Waals surface area contributed by atoms with Gasteiger partial charge in [-0.1, -0.05) is 25.0 Å². The molecule has 2 aromatic rings. The summed E-state index contributed by atoms with van der Waals surface area (Å²) < 4.78 is 1.23. The summed E-state index contributed by atoms with van der Waals surface area (Å²) in [5, 5.41) is 7.22. The first kappa shape index (κ1) is 11.1. The van der Waals surface area contributed by atoms with Crippen LogP contribution in [0.15, 0.2) is 23.6 Å². The molecule has 1 aromatic carbocycles. The quantitative estimate of drug-likeness (QED) is 0.813. The monoisotopic (exact) mass is 246 g/mol. The minimum Gasteiger partial charge on any atom is -0.398 e. The van der Waals surface area contributed by atoms with E-state index in [2.05, 4.69) is 16.8 Å². The molecule has 1 aromatic heterocycles. The number of nitrogens with two attached hydrogens (primary N) is 1. The van der Waals surface area contributed by atoms with E-state index in [0.717, 1.165) is 18.3 Å². The Hall–Kier alpha value is -1.06. The second kappa shape index (κ2) is 4.67. The maximum atomic E-state index is 5.98. The SMILES string of the molecule is Nc1cccc2c(CNC3CCCC3)csc12. The van der Waals surface area contributed by atoms with Crippen molar-refractivity contribution in [3.05, 3.63) is 29.1 Å². The molecule has 1 heterocycles. The molecule has 0 saturated heterocycles. The Balaban J connectivity index is 1.78. The van der Waals surface area contributed by atoms with Crippen molar-refractivity contribution < 1.29 is 0 Å². The molecule has 3 heteroatoms. The molecule has 0 unspecified atom stereocenters. The Morgan fingerprint density at radius 3 is 2.94 bits per heavy atom. The Morgan fingerprint density at radius 2 is 2.12 bits per heavy atom. The van der Waals surface area contributed by atoms with E-state index in [4.69, 9.17) is 5.73 Å². The molecule has 2 nitrogen and oxygen atoms in total. The zero-order valence-electron chi connectivity index (χ0n) is 9.91. The Bertz CT molecular complexity index is 512. The van der Waals surface area contributed by atoms with Crippen LogP contribution in [0.3, 0.4) is 0 Å². The number of benzene rings is 1. The van der Waals surface area contributed by atoms with Crippen LogP contribution in [0.25, 0.3) is 10.1 Å². The first-order valence-corrected chi connectivity index (χ1v) is 7.20. The van der Waals surface area contributed by atoms with Crippen LogP contribution < -0.4 is 11.1 Å². The third-order valence-corrected chi connectivity index (χ3v) is 4.74. The second-order valence-electron chi connectivity index (χ2n) is 4.85. The Labute approximate surface area is 106 Å². The van der Waals surface area contributed by atoms with Crippen LogP contribution in [0, 0.1) is 0 Å². The van der Waals surface area contributed by atoms with Gasteiger partial charge in [0.1, 0.15) is 0 Å². The van der Waals surface area contributed by atoms with Crippen molar-refractivity contribution >= 4 is 27.1 Å². The third-order valence-electron chi connectivity index (χ3n) is 3.65.